The second-order valence-electron chi connectivity index (χ2n) is 8.69. The number of nitrogens with zero attached hydrogens (tertiary/aromatic N) is 4. The summed E-state index contributed by atoms with van der Waals surface area (Å²) in [5.74, 6) is 0.640. The van der Waals surface area contributed by atoms with Gasteiger partial charge in [-0.3, -0.25) is 9.79 Å². The number of nitrogens with one attached hydrogen (secondary N) is 1. The van der Waals surface area contributed by atoms with Crippen molar-refractivity contribution in [3.05, 3.63) is 23.5 Å². The molecule has 0 spiro atoms. The molecule has 29 heavy (non-hydrogen) atoms. The number of carbonyl (C=O) groups excluding carboxylic acids is 1. The van der Waals surface area contributed by atoms with Crippen LogP contribution in [0.25, 0.3) is 0 Å². The Labute approximate surface area is 170 Å². The van der Waals surface area contributed by atoms with E-state index in [0.717, 1.165) is 23.7 Å². The molecular formula is C21H29N5O3. The summed E-state index contributed by atoms with van der Waals surface area (Å²) in [4.78, 5) is 16.8. The van der Waals surface area contributed by atoms with Crippen LogP contribution in [-0.2, 0) is 20.7 Å². The van der Waals surface area contributed by atoms with Gasteiger partial charge in [-0.05, 0) is 25.3 Å². The van der Waals surface area contributed by atoms with E-state index in [2.05, 4.69) is 26.8 Å². The van der Waals surface area contributed by atoms with Crippen molar-refractivity contribution >= 4 is 11.6 Å². The van der Waals surface area contributed by atoms with Crippen molar-refractivity contribution < 1.29 is 14.3 Å². The summed E-state index contributed by atoms with van der Waals surface area (Å²) in [6.07, 6.45) is 11.3. The van der Waals surface area contributed by atoms with Crippen LogP contribution >= 0.6 is 0 Å². The van der Waals surface area contributed by atoms with E-state index >= 15 is 0 Å². The number of hydrogen-bond donors (Lipinski definition) is 1. The Bertz CT molecular complexity index is 826. The van der Waals surface area contributed by atoms with Crippen LogP contribution in [0, 0.1) is 5.92 Å². The average Bonchev–Trinajstić information content (AvgIpc) is 3.49. The maximum atomic E-state index is 12.5. The van der Waals surface area contributed by atoms with Crippen molar-refractivity contribution in [3.8, 4) is 0 Å². The van der Waals surface area contributed by atoms with Gasteiger partial charge in [-0.1, -0.05) is 37.3 Å². The van der Waals surface area contributed by atoms with Gasteiger partial charge in [0.05, 0.1) is 37.1 Å². The van der Waals surface area contributed by atoms with E-state index in [0.29, 0.717) is 25.3 Å². The molecule has 1 saturated carbocycles. The molecule has 8 nitrogen and oxygen atoms in total. The molecule has 1 aliphatic carbocycles. The summed E-state index contributed by atoms with van der Waals surface area (Å²) in [5, 5.41) is 11.9. The molecule has 3 aliphatic heterocycles. The summed E-state index contributed by atoms with van der Waals surface area (Å²) in [5.41, 5.74) is 2.51. The van der Waals surface area contributed by atoms with Gasteiger partial charge in [0.2, 0.25) is 0 Å². The summed E-state index contributed by atoms with van der Waals surface area (Å²) >= 11 is 0. The van der Waals surface area contributed by atoms with Crippen molar-refractivity contribution in [1.29, 1.82) is 0 Å². The zero-order valence-corrected chi connectivity index (χ0v) is 16.9. The summed E-state index contributed by atoms with van der Waals surface area (Å²) in [7, 11) is 0. The van der Waals surface area contributed by atoms with Gasteiger partial charge in [0.15, 0.2) is 0 Å². The first-order valence-corrected chi connectivity index (χ1v) is 10.9. The van der Waals surface area contributed by atoms with Gasteiger partial charge in [0, 0.05) is 11.9 Å². The zero-order chi connectivity index (χ0) is 19.8. The Morgan fingerprint density at radius 3 is 2.83 bits per heavy atom. The molecule has 1 N–H and O–H groups in total. The number of ether oxygens (including phenoxy) is 2. The lowest BCUT2D eigenvalue weighted by molar-refractivity contribution is -0.118. The molecule has 8 heteroatoms. The lowest BCUT2D eigenvalue weighted by Crippen LogP contribution is -2.45. The first-order valence-electron chi connectivity index (χ1n) is 10.9. The topological polar surface area (TPSA) is 90.6 Å². The lowest BCUT2D eigenvalue weighted by Gasteiger charge is -2.20. The van der Waals surface area contributed by atoms with Crippen LogP contribution in [0.5, 0.6) is 0 Å². The Hall–Kier alpha value is -2.06. The van der Waals surface area contributed by atoms with Crippen LogP contribution in [0.2, 0.25) is 0 Å². The van der Waals surface area contributed by atoms with E-state index in [4.69, 9.17) is 9.47 Å². The van der Waals surface area contributed by atoms with E-state index in [-0.39, 0.29) is 30.2 Å². The number of aliphatic imine (C=N–C) groups is 1. The molecule has 4 heterocycles. The third kappa shape index (κ3) is 3.75. The molecule has 1 amide bonds. The number of rotatable bonds is 5. The van der Waals surface area contributed by atoms with Gasteiger partial charge in [-0.25, -0.2) is 4.68 Å². The highest BCUT2D eigenvalue weighted by molar-refractivity contribution is 6.21. The number of hydrogen-bond acceptors (Lipinski definition) is 6. The number of amides is 1. The molecule has 1 aromatic rings. The lowest BCUT2D eigenvalue weighted by atomic mass is 9.86. The van der Waals surface area contributed by atoms with Crippen LogP contribution in [-0.4, -0.2) is 64.6 Å². The standard InChI is InChI=1S/C21H29N5O3/c1-13-16(7-8-22-13)21(27)23-17-11-28-20-18(12-29-19(17)20)26-10-15(24-25-26)9-14-5-3-2-4-6-14/h7,10,14,17-20H,2-6,8-9,11-12H2,1H3,(H,23,27)/t17-,18-,19+,20+/m0/s1. The maximum absolute atomic E-state index is 12.5. The number of carbonyl (C=O) groups is 1. The molecule has 0 radical (unpaired) electrons. The molecule has 5 rings (SSSR count). The summed E-state index contributed by atoms with van der Waals surface area (Å²) < 4.78 is 14.0. The van der Waals surface area contributed by atoms with Gasteiger partial charge >= 0.3 is 0 Å². The minimum atomic E-state index is -0.158. The van der Waals surface area contributed by atoms with Crippen LogP contribution < -0.4 is 5.32 Å². The summed E-state index contributed by atoms with van der Waals surface area (Å²) in [6.45, 7) is 3.42. The molecule has 4 aliphatic rings. The second-order valence-corrected chi connectivity index (χ2v) is 8.69. The van der Waals surface area contributed by atoms with Crippen LogP contribution in [0.15, 0.2) is 22.8 Å². The van der Waals surface area contributed by atoms with Gasteiger partial charge in [0.25, 0.3) is 5.91 Å². The number of aromatic nitrogens is 3. The molecule has 2 saturated heterocycles. The third-order valence-corrected chi connectivity index (χ3v) is 6.72. The van der Waals surface area contributed by atoms with E-state index in [1.165, 1.54) is 32.1 Å². The van der Waals surface area contributed by atoms with E-state index in [1.54, 1.807) is 0 Å². The molecule has 4 atom stereocenters. The van der Waals surface area contributed by atoms with Crippen molar-refractivity contribution in [2.75, 3.05) is 19.8 Å². The molecule has 0 aromatic carbocycles. The fourth-order valence-electron chi connectivity index (χ4n) is 5.10. The molecule has 156 valence electrons. The monoisotopic (exact) mass is 399 g/mol. The van der Waals surface area contributed by atoms with Gasteiger partial charge in [-0.15, -0.1) is 5.10 Å². The number of fused-ring (bicyclic) bond motifs is 1. The average molecular weight is 399 g/mol. The van der Waals surface area contributed by atoms with Gasteiger partial charge in [0.1, 0.15) is 18.2 Å². The molecule has 3 fully saturated rings. The second kappa shape index (κ2) is 7.99. The normalized spacial score (nSPS) is 32.2. The Morgan fingerprint density at radius 2 is 2.03 bits per heavy atom. The van der Waals surface area contributed by atoms with Crippen molar-refractivity contribution in [3.63, 3.8) is 0 Å². The van der Waals surface area contributed by atoms with Crippen LogP contribution in [0.3, 0.4) is 0 Å². The Morgan fingerprint density at radius 1 is 1.21 bits per heavy atom. The zero-order valence-electron chi connectivity index (χ0n) is 16.9. The van der Waals surface area contributed by atoms with Crippen molar-refractivity contribution in [2.45, 2.75) is 69.7 Å². The fourth-order valence-corrected chi connectivity index (χ4v) is 5.10. The van der Waals surface area contributed by atoms with Crippen molar-refractivity contribution in [1.82, 2.24) is 20.3 Å². The molecule has 0 unspecified atom stereocenters. The minimum Gasteiger partial charge on any atom is -0.371 e. The minimum absolute atomic E-state index is 0.00324. The quantitative estimate of drug-likeness (QED) is 0.813. The third-order valence-electron chi connectivity index (χ3n) is 6.72. The smallest absolute Gasteiger partial charge is 0.253 e. The van der Waals surface area contributed by atoms with Gasteiger partial charge < -0.3 is 14.8 Å². The predicted octanol–water partition coefficient (Wildman–Crippen LogP) is 1.63. The molecule has 1 aromatic heterocycles. The van der Waals surface area contributed by atoms with E-state index in [1.807, 2.05) is 17.7 Å². The van der Waals surface area contributed by atoms with Gasteiger partial charge in [-0.2, -0.15) is 0 Å². The van der Waals surface area contributed by atoms with E-state index < -0.39 is 0 Å². The largest absolute Gasteiger partial charge is 0.371 e. The first kappa shape index (κ1) is 18.9. The highest BCUT2D eigenvalue weighted by Crippen LogP contribution is 2.34. The molecular weight excluding hydrogens is 370 g/mol. The van der Waals surface area contributed by atoms with Crippen LogP contribution in [0.4, 0.5) is 0 Å². The Balaban J connectivity index is 1.20. The first-order chi connectivity index (χ1) is 14.2. The van der Waals surface area contributed by atoms with E-state index in [9.17, 15) is 4.79 Å². The predicted molar refractivity (Wildman–Crippen MR) is 107 cm³/mol. The highest BCUT2D eigenvalue weighted by Gasteiger charge is 2.49. The SMILES string of the molecule is CC1=NCC=C1C(=O)N[C@H]1CO[C@H]2[C@@H]1OC[C@@H]2n1cc(CC2CCCCC2)nn1. The Kier molecular flexibility index (Phi) is 5.22. The molecule has 0 bridgehead atoms. The maximum Gasteiger partial charge on any atom is 0.253 e. The fraction of sp³-hybridized carbons (Fsp3) is 0.714. The van der Waals surface area contributed by atoms with Crippen molar-refractivity contribution in [2.24, 2.45) is 10.9 Å². The van der Waals surface area contributed by atoms with Crippen LogP contribution in [0.1, 0.15) is 50.8 Å². The summed E-state index contributed by atoms with van der Waals surface area (Å²) in [6, 6.07) is -0.152. The highest BCUT2D eigenvalue weighted by atomic mass is 16.6.